The van der Waals surface area contributed by atoms with E-state index in [1.165, 1.54) is 6.07 Å². The average Bonchev–Trinajstić information content (AvgIpc) is 2.48. The van der Waals surface area contributed by atoms with Gasteiger partial charge in [0.1, 0.15) is 17.3 Å². The van der Waals surface area contributed by atoms with Gasteiger partial charge in [-0.3, -0.25) is 0 Å². The summed E-state index contributed by atoms with van der Waals surface area (Å²) >= 11 is 3.32. The maximum atomic E-state index is 13.9. The van der Waals surface area contributed by atoms with Gasteiger partial charge in [-0.05, 0) is 30.3 Å². The third-order valence-corrected chi connectivity index (χ3v) is 3.56. The quantitative estimate of drug-likeness (QED) is 0.924. The van der Waals surface area contributed by atoms with Gasteiger partial charge in [-0.15, -0.1) is 0 Å². The fourth-order valence-electron chi connectivity index (χ4n) is 2.00. The topological polar surface area (TPSA) is 44.5 Å². The van der Waals surface area contributed by atoms with Gasteiger partial charge in [0, 0.05) is 21.7 Å². The zero-order valence-corrected chi connectivity index (χ0v) is 12.8. The summed E-state index contributed by atoms with van der Waals surface area (Å²) in [4.78, 5) is 0. The van der Waals surface area contributed by atoms with Crippen LogP contribution < -0.4 is 15.2 Å². The van der Waals surface area contributed by atoms with Crippen molar-refractivity contribution in [2.75, 3.05) is 14.2 Å². The highest BCUT2D eigenvalue weighted by atomic mass is 79.9. The first-order valence-corrected chi connectivity index (χ1v) is 6.78. The van der Waals surface area contributed by atoms with Gasteiger partial charge >= 0.3 is 0 Å². The van der Waals surface area contributed by atoms with Crippen LogP contribution in [-0.2, 0) is 0 Å². The Morgan fingerprint density at radius 2 is 1.80 bits per heavy atom. The average molecular weight is 340 g/mol. The van der Waals surface area contributed by atoms with Crippen molar-refractivity contribution < 1.29 is 13.9 Å². The Hall–Kier alpha value is -1.59. The lowest BCUT2D eigenvalue weighted by Gasteiger charge is -2.17. The van der Waals surface area contributed by atoms with Gasteiger partial charge in [-0.1, -0.05) is 15.9 Å². The Balaban J connectivity index is 2.47. The van der Waals surface area contributed by atoms with Crippen LogP contribution in [0.1, 0.15) is 17.2 Å². The molecule has 0 aromatic heterocycles. The van der Waals surface area contributed by atoms with Crippen molar-refractivity contribution in [2.45, 2.75) is 6.04 Å². The zero-order valence-electron chi connectivity index (χ0n) is 11.2. The number of hydrogen-bond donors (Lipinski definition) is 1. The number of benzene rings is 2. The second-order valence-electron chi connectivity index (χ2n) is 4.25. The summed E-state index contributed by atoms with van der Waals surface area (Å²) in [5, 5.41) is 0. The molecule has 0 aliphatic carbocycles. The first kappa shape index (κ1) is 14.8. The van der Waals surface area contributed by atoms with E-state index in [4.69, 9.17) is 15.2 Å². The second-order valence-corrected chi connectivity index (χ2v) is 5.17. The van der Waals surface area contributed by atoms with E-state index >= 15 is 0 Å². The minimum atomic E-state index is -0.617. The van der Waals surface area contributed by atoms with Crippen molar-refractivity contribution in [3.8, 4) is 11.5 Å². The van der Waals surface area contributed by atoms with Crippen LogP contribution in [0.4, 0.5) is 4.39 Å². The third kappa shape index (κ3) is 2.94. The van der Waals surface area contributed by atoms with E-state index in [9.17, 15) is 4.39 Å². The summed E-state index contributed by atoms with van der Waals surface area (Å²) in [6.45, 7) is 0. The molecule has 0 heterocycles. The van der Waals surface area contributed by atoms with Crippen molar-refractivity contribution in [1.29, 1.82) is 0 Å². The molecule has 0 aliphatic heterocycles. The monoisotopic (exact) mass is 339 g/mol. The molecule has 5 heteroatoms. The molecule has 0 fully saturated rings. The first-order chi connectivity index (χ1) is 9.56. The van der Waals surface area contributed by atoms with Gasteiger partial charge in [-0.2, -0.15) is 0 Å². The van der Waals surface area contributed by atoms with E-state index in [2.05, 4.69) is 15.9 Å². The zero-order chi connectivity index (χ0) is 14.7. The molecule has 2 aromatic carbocycles. The highest BCUT2D eigenvalue weighted by molar-refractivity contribution is 9.10. The van der Waals surface area contributed by atoms with E-state index in [0.717, 1.165) is 4.47 Å². The Morgan fingerprint density at radius 3 is 2.45 bits per heavy atom. The molecule has 2 rings (SSSR count). The highest BCUT2D eigenvalue weighted by Gasteiger charge is 2.18. The van der Waals surface area contributed by atoms with Crippen LogP contribution in [-0.4, -0.2) is 14.2 Å². The number of ether oxygens (including phenoxy) is 2. The van der Waals surface area contributed by atoms with E-state index in [1.807, 2.05) is 0 Å². The van der Waals surface area contributed by atoms with Crippen molar-refractivity contribution in [3.63, 3.8) is 0 Å². The molecule has 0 saturated heterocycles. The Labute approximate surface area is 125 Å². The molecule has 0 spiro atoms. The van der Waals surface area contributed by atoms with Crippen molar-refractivity contribution in [3.05, 3.63) is 57.8 Å². The molecule has 2 N–H and O–H groups in total. The summed E-state index contributed by atoms with van der Waals surface area (Å²) in [6, 6.07) is 9.35. The van der Waals surface area contributed by atoms with Crippen LogP contribution in [0.5, 0.6) is 11.5 Å². The fraction of sp³-hybridized carbons (Fsp3) is 0.200. The van der Waals surface area contributed by atoms with Gasteiger partial charge in [0.15, 0.2) is 0 Å². The molecule has 0 saturated carbocycles. The van der Waals surface area contributed by atoms with Crippen LogP contribution in [0.15, 0.2) is 40.9 Å². The lowest BCUT2D eigenvalue weighted by atomic mass is 9.98. The van der Waals surface area contributed by atoms with Gasteiger partial charge in [0.2, 0.25) is 0 Å². The SMILES string of the molecule is COc1ccc(C(N)c2cc(Br)ccc2F)c(OC)c1. The fourth-order valence-corrected chi connectivity index (χ4v) is 2.37. The van der Waals surface area contributed by atoms with Gasteiger partial charge < -0.3 is 15.2 Å². The summed E-state index contributed by atoms with van der Waals surface area (Å²) in [6.07, 6.45) is 0. The lowest BCUT2D eigenvalue weighted by Crippen LogP contribution is -2.15. The first-order valence-electron chi connectivity index (χ1n) is 5.99. The summed E-state index contributed by atoms with van der Waals surface area (Å²) < 4.78 is 25.1. The molecule has 0 radical (unpaired) electrons. The number of methoxy groups -OCH3 is 2. The van der Waals surface area contributed by atoms with Crippen molar-refractivity contribution >= 4 is 15.9 Å². The number of nitrogens with two attached hydrogens (primary N) is 1. The maximum Gasteiger partial charge on any atom is 0.128 e. The molecule has 20 heavy (non-hydrogen) atoms. The molecule has 0 amide bonds. The number of hydrogen-bond acceptors (Lipinski definition) is 3. The normalized spacial score (nSPS) is 12.1. The van der Waals surface area contributed by atoms with Crippen LogP contribution in [0.2, 0.25) is 0 Å². The maximum absolute atomic E-state index is 13.9. The smallest absolute Gasteiger partial charge is 0.128 e. The molecule has 1 unspecified atom stereocenters. The number of halogens is 2. The van der Waals surface area contributed by atoms with Gasteiger partial charge in [0.05, 0.1) is 20.3 Å². The van der Waals surface area contributed by atoms with Crippen LogP contribution in [0.3, 0.4) is 0 Å². The minimum Gasteiger partial charge on any atom is -0.497 e. The summed E-state index contributed by atoms with van der Waals surface area (Å²) in [5.41, 5.74) is 7.28. The Kier molecular flexibility index (Phi) is 4.62. The molecule has 2 aromatic rings. The minimum absolute atomic E-state index is 0.349. The van der Waals surface area contributed by atoms with E-state index < -0.39 is 6.04 Å². The molecular formula is C15H15BrFNO2. The van der Waals surface area contributed by atoms with Crippen LogP contribution in [0, 0.1) is 5.82 Å². The van der Waals surface area contributed by atoms with Crippen molar-refractivity contribution in [2.24, 2.45) is 5.73 Å². The molecule has 106 valence electrons. The summed E-state index contributed by atoms with van der Waals surface area (Å²) in [7, 11) is 3.12. The highest BCUT2D eigenvalue weighted by Crippen LogP contribution is 2.33. The standard InChI is InChI=1S/C15H15BrFNO2/c1-19-10-4-5-11(14(8-10)20-2)15(18)12-7-9(16)3-6-13(12)17/h3-8,15H,18H2,1-2H3. The second kappa shape index (κ2) is 6.24. The molecule has 0 bridgehead atoms. The molecule has 0 aliphatic rings. The Morgan fingerprint density at radius 1 is 1.05 bits per heavy atom. The number of rotatable bonds is 4. The predicted molar refractivity (Wildman–Crippen MR) is 79.7 cm³/mol. The molecular weight excluding hydrogens is 325 g/mol. The van der Waals surface area contributed by atoms with Crippen LogP contribution >= 0.6 is 15.9 Å². The van der Waals surface area contributed by atoms with Crippen molar-refractivity contribution in [1.82, 2.24) is 0 Å². The third-order valence-electron chi connectivity index (χ3n) is 3.07. The van der Waals surface area contributed by atoms with E-state index in [-0.39, 0.29) is 5.82 Å². The molecule has 1 atom stereocenters. The van der Waals surface area contributed by atoms with E-state index in [1.54, 1.807) is 44.6 Å². The largest absolute Gasteiger partial charge is 0.497 e. The van der Waals surface area contributed by atoms with Gasteiger partial charge in [-0.25, -0.2) is 4.39 Å². The molecule has 3 nitrogen and oxygen atoms in total. The predicted octanol–water partition coefficient (Wildman–Crippen LogP) is 3.65. The Bertz CT molecular complexity index is 619. The summed E-state index contributed by atoms with van der Waals surface area (Å²) in [5.74, 6) is 0.877. The van der Waals surface area contributed by atoms with Crippen LogP contribution in [0.25, 0.3) is 0 Å². The van der Waals surface area contributed by atoms with E-state index in [0.29, 0.717) is 22.6 Å². The lowest BCUT2D eigenvalue weighted by molar-refractivity contribution is 0.389. The van der Waals surface area contributed by atoms with Gasteiger partial charge in [0.25, 0.3) is 0 Å².